The summed E-state index contributed by atoms with van der Waals surface area (Å²) in [6.45, 7) is 9.85. The normalized spacial score (nSPS) is 12.6. The van der Waals surface area contributed by atoms with E-state index in [1.807, 2.05) is 30.3 Å². The maximum absolute atomic E-state index is 13.1. The molecule has 0 saturated heterocycles. The third-order valence-electron chi connectivity index (χ3n) is 3.14. The first-order valence-electron chi connectivity index (χ1n) is 8.00. The number of hydrogen-bond donors (Lipinski definition) is 1. The molecular formula is C17H26NO5P. The highest BCUT2D eigenvalue weighted by molar-refractivity contribution is 7.55. The molecule has 1 aromatic carbocycles. The van der Waals surface area contributed by atoms with Crippen LogP contribution in [0.25, 0.3) is 0 Å². The Bertz CT molecular complexity index is 566. The van der Waals surface area contributed by atoms with Crippen LogP contribution in [0.15, 0.2) is 42.5 Å². The first-order chi connectivity index (χ1) is 11.5. The molecule has 0 amide bonds. The predicted octanol–water partition coefficient (Wildman–Crippen LogP) is 3.49. The molecule has 1 unspecified atom stereocenters. The molecule has 0 spiro atoms. The van der Waals surface area contributed by atoms with Crippen LogP contribution in [-0.4, -0.2) is 31.6 Å². The number of carbonyl (C=O) groups is 1. The summed E-state index contributed by atoms with van der Waals surface area (Å²) in [5.41, 5.74) is 0.997. The molecule has 1 N–H and O–H groups in total. The van der Waals surface area contributed by atoms with Crippen molar-refractivity contribution in [1.29, 1.82) is 0 Å². The van der Waals surface area contributed by atoms with Crippen LogP contribution in [0.1, 0.15) is 26.3 Å². The summed E-state index contributed by atoms with van der Waals surface area (Å²) in [7, 11) is -3.61. The minimum absolute atomic E-state index is 0.0259. The van der Waals surface area contributed by atoms with Crippen molar-refractivity contribution < 1.29 is 23.1 Å². The highest BCUT2D eigenvalue weighted by Gasteiger charge is 2.40. The summed E-state index contributed by atoms with van der Waals surface area (Å²) < 4.78 is 28.8. The van der Waals surface area contributed by atoms with E-state index in [1.165, 1.54) is 0 Å². The van der Waals surface area contributed by atoms with E-state index in [4.69, 9.17) is 13.8 Å². The van der Waals surface area contributed by atoms with Gasteiger partial charge < -0.3 is 13.8 Å². The highest BCUT2D eigenvalue weighted by Crippen LogP contribution is 2.54. The fourth-order valence-electron chi connectivity index (χ4n) is 2.12. The first kappa shape index (κ1) is 20.6. The second-order valence-electron chi connectivity index (χ2n) is 4.89. The van der Waals surface area contributed by atoms with Gasteiger partial charge in [0.25, 0.3) is 0 Å². The second kappa shape index (κ2) is 10.4. The van der Waals surface area contributed by atoms with Crippen molar-refractivity contribution in [3.63, 3.8) is 0 Å². The zero-order valence-corrected chi connectivity index (χ0v) is 15.4. The molecule has 1 aromatic rings. The van der Waals surface area contributed by atoms with Gasteiger partial charge in [0.1, 0.15) is 5.78 Å². The lowest BCUT2D eigenvalue weighted by Gasteiger charge is -2.27. The third-order valence-corrected chi connectivity index (χ3v) is 5.51. The standard InChI is InChI=1S/C17H26NO5P/c1-5-21-17(19)14(4)16(24(20,22-6-2)23-7-3)18-13-15-11-9-8-10-12-15/h8-12,16,18H,4-7,13H2,1-3H3. The van der Waals surface area contributed by atoms with Gasteiger partial charge in [0, 0.05) is 6.54 Å². The number of carbonyl (C=O) groups excluding carboxylic acids is 1. The molecule has 0 aromatic heterocycles. The first-order valence-corrected chi connectivity index (χ1v) is 9.61. The van der Waals surface area contributed by atoms with E-state index >= 15 is 0 Å². The predicted molar refractivity (Wildman–Crippen MR) is 93.7 cm³/mol. The molecule has 0 fully saturated rings. The number of nitrogens with one attached hydrogen (secondary N) is 1. The van der Waals surface area contributed by atoms with Crippen molar-refractivity contribution in [3.8, 4) is 0 Å². The highest BCUT2D eigenvalue weighted by atomic mass is 31.2. The SMILES string of the molecule is C=C(C(=O)OCC)C(NCc1ccccc1)P(=O)(OCC)OCC. The van der Waals surface area contributed by atoms with Crippen LogP contribution in [0.2, 0.25) is 0 Å². The average molecular weight is 355 g/mol. The van der Waals surface area contributed by atoms with Gasteiger partial charge in [-0.3, -0.25) is 9.88 Å². The van der Waals surface area contributed by atoms with Gasteiger partial charge in [0.15, 0.2) is 0 Å². The number of rotatable bonds is 11. The molecule has 0 bridgehead atoms. The zero-order chi connectivity index (χ0) is 18.0. The van der Waals surface area contributed by atoms with Gasteiger partial charge in [-0.15, -0.1) is 0 Å². The fraction of sp³-hybridized carbons (Fsp3) is 0.471. The van der Waals surface area contributed by atoms with Crippen LogP contribution < -0.4 is 5.32 Å². The van der Waals surface area contributed by atoms with Gasteiger partial charge in [-0.25, -0.2) is 4.79 Å². The smallest absolute Gasteiger partial charge is 0.352 e. The van der Waals surface area contributed by atoms with Crippen molar-refractivity contribution in [2.45, 2.75) is 33.1 Å². The molecule has 1 atom stereocenters. The lowest BCUT2D eigenvalue weighted by Crippen LogP contribution is -2.35. The van der Waals surface area contributed by atoms with E-state index in [1.54, 1.807) is 20.8 Å². The lowest BCUT2D eigenvalue weighted by atomic mass is 10.2. The molecule has 0 saturated carbocycles. The Kier molecular flexibility index (Phi) is 8.93. The number of ether oxygens (including phenoxy) is 1. The fourth-order valence-corrected chi connectivity index (χ4v) is 4.01. The van der Waals surface area contributed by atoms with Crippen LogP contribution >= 0.6 is 7.60 Å². The van der Waals surface area contributed by atoms with E-state index in [9.17, 15) is 9.36 Å². The third kappa shape index (κ3) is 5.87. The van der Waals surface area contributed by atoms with E-state index in [2.05, 4.69) is 11.9 Å². The van der Waals surface area contributed by atoms with Crippen molar-refractivity contribution in [1.82, 2.24) is 5.32 Å². The van der Waals surface area contributed by atoms with Gasteiger partial charge in [0.2, 0.25) is 0 Å². The van der Waals surface area contributed by atoms with Crippen molar-refractivity contribution in [2.75, 3.05) is 19.8 Å². The van der Waals surface area contributed by atoms with Gasteiger partial charge in [-0.05, 0) is 26.3 Å². The molecule has 7 heteroatoms. The summed E-state index contributed by atoms with van der Waals surface area (Å²) in [5, 5.41) is 3.07. The molecule has 0 radical (unpaired) electrons. The summed E-state index contributed by atoms with van der Waals surface area (Å²) in [4.78, 5) is 12.1. The largest absolute Gasteiger partial charge is 0.463 e. The molecule has 0 aliphatic carbocycles. The number of benzene rings is 1. The number of hydrogen-bond acceptors (Lipinski definition) is 6. The van der Waals surface area contributed by atoms with Crippen LogP contribution in [0, 0.1) is 0 Å². The van der Waals surface area contributed by atoms with E-state index in [0.717, 1.165) is 5.56 Å². The monoisotopic (exact) mass is 355 g/mol. The maximum atomic E-state index is 13.1. The second-order valence-corrected chi connectivity index (χ2v) is 7.00. The van der Waals surface area contributed by atoms with Crippen LogP contribution in [-0.2, 0) is 29.7 Å². The lowest BCUT2D eigenvalue weighted by molar-refractivity contribution is -0.138. The minimum Gasteiger partial charge on any atom is -0.463 e. The van der Waals surface area contributed by atoms with E-state index < -0.39 is 19.3 Å². The molecule has 6 nitrogen and oxygen atoms in total. The van der Waals surface area contributed by atoms with Crippen LogP contribution in [0.4, 0.5) is 0 Å². The van der Waals surface area contributed by atoms with Crippen molar-refractivity contribution in [3.05, 3.63) is 48.0 Å². The van der Waals surface area contributed by atoms with Gasteiger partial charge in [-0.1, -0.05) is 36.9 Å². The van der Waals surface area contributed by atoms with Crippen molar-refractivity contribution in [2.24, 2.45) is 0 Å². The summed E-state index contributed by atoms with van der Waals surface area (Å²) in [5.74, 6) is -1.60. The van der Waals surface area contributed by atoms with Crippen LogP contribution in [0.3, 0.4) is 0 Å². The van der Waals surface area contributed by atoms with Crippen LogP contribution in [0.5, 0.6) is 0 Å². The van der Waals surface area contributed by atoms with Crippen molar-refractivity contribution >= 4 is 13.6 Å². The molecule has 0 aliphatic rings. The number of esters is 1. The molecule has 134 valence electrons. The van der Waals surface area contributed by atoms with Gasteiger partial charge in [-0.2, -0.15) is 0 Å². The topological polar surface area (TPSA) is 73.9 Å². The summed E-state index contributed by atoms with van der Waals surface area (Å²) >= 11 is 0. The zero-order valence-electron chi connectivity index (χ0n) is 14.5. The Balaban J connectivity index is 3.02. The van der Waals surface area contributed by atoms with Gasteiger partial charge in [0.05, 0.1) is 25.4 Å². The Morgan fingerprint density at radius 2 is 1.71 bits per heavy atom. The summed E-state index contributed by atoms with van der Waals surface area (Å²) in [6.07, 6.45) is 0. The quantitative estimate of drug-likeness (QED) is 0.372. The molecule has 0 heterocycles. The Morgan fingerprint density at radius 1 is 1.12 bits per heavy atom. The molecule has 0 aliphatic heterocycles. The Morgan fingerprint density at radius 3 is 2.21 bits per heavy atom. The van der Waals surface area contributed by atoms with E-state index in [-0.39, 0.29) is 25.4 Å². The molecule has 1 rings (SSSR count). The maximum Gasteiger partial charge on any atom is 0.352 e. The molecular weight excluding hydrogens is 329 g/mol. The Labute approximate surface area is 143 Å². The summed E-state index contributed by atoms with van der Waals surface area (Å²) in [6, 6.07) is 9.55. The minimum atomic E-state index is -3.61. The average Bonchev–Trinajstić information content (AvgIpc) is 2.56. The van der Waals surface area contributed by atoms with Gasteiger partial charge >= 0.3 is 13.6 Å². The van der Waals surface area contributed by atoms with E-state index in [0.29, 0.717) is 6.54 Å². The molecule has 24 heavy (non-hydrogen) atoms. The Hall–Kier alpha value is -1.46.